The van der Waals surface area contributed by atoms with Gasteiger partial charge in [0, 0.05) is 11.4 Å². The van der Waals surface area contributed by atoms with Crippen molar-refractivity contribution in [2.75, 3.05) is 6.54 Å². The second-order valence-corrected chi connectivity index (χ2v) is 3.61. The van der Waals surface area contributed by atoms with Crippen LogP contribution in [-0.2, 0) is 5.54 Å². The van der Waals surface area contributed by atoms with Crippen molar-refractivity contribution >= 4 is 11.3 Å². The molecule has 1 N–H and O–H groups in total. The van der Waals surface area contributed by atoms with Crippen molar-refractivity contribution in [1.29, 1.82) is 0 Å². The van der Waals surface area contributed by atoms with Gasteiger partial charge < -0.3 is 5.32 Å². The molecular formula is C7H9NS. The van der Waals surface area contributed by atoms with Crippen molar-refractivity contribution in [2.24, 2.45) is 0 Å². The molecule has 0 bridgehead atoms. The van der Waals surface area contributed by atoms with Gasteiger partial charge >= 0.3 is 0 Å². The molecule has 9 heavy (non-hydrogen) atoms. The van der Waals surface area contributed by atoms with Gasteiger partial charge in [-0.1, -0.05) is 6.07 Å². The minimum Gasteiger partial charge on any atom is -0.304 e. The maximum Gasteiger partial charge on any atom is 0.0627 e. The molecule has 2 rings (SSSR count). The third-order valence-electron chi connectivity index (χ3n) is 1.77. The predicted octanol–water partition coefficient (Wildman–Crippen LogP) is 1.57. The number of nitrogens with one attached hydrogen (secondary N) is 1. The number of rotatable bonds is 1. The molecule has 0 unspecified atom stereocenters. The van der Waals surface area contributed by atoms with Crippen molar-refractivity contribution in [3.8, 4) is 0 Å². The lowest BCUT2D eigenvalue weighted by Crippen LogP contribution is -2.02. The average Bonchev–Trinajstić information content (AvgIpc) is 2.46. The third kappa shape index (κ3) is 0.787. The quantitative estimate of drug-likeness (QED) is 0.586. The topological polar surface area (TPSA) is 21.9 Å². The lowest BCUT2D eigenvalue weighted by atomic mass is 10.1. The van der Waals surface area contributed by atoms with E-state index in [0.717, 1.165) is 6.54 Å². The maximum absolute atomic E-state index is 3.32. The Kier molecular flexibility index (Phi) is 0.957. The van der Waals surface area contributed by atoms with Crippen LogP contribution in [0.5, 0.6) is 0 Å². The lowest BCUT2D eigenvalue weighted by molar-refractivity contribution is 0.784. The van der Waals surface area contributed by atoms with Crippen LogP contribution in [0.4, 0.5) is 0 Å². The van der Waals surface area contributed by atoms with Crippen LogP contribution in [0.2, 0.25) is 0 Å². The third-order valence-corrected chi connectivity index (χ3v) is 2.91. The summed E-state index contributed by atoms with van der Waals surface area (Å²) in [6, 6.07) is 4.29. The molecule has 2 heterocycles. The average molecular weight is 139 g/mol. The fourth-order valence-corrected chi connectivity index (χ4v) is 1.76. The van der Waals surface area contributed by atoms with E-state index in [9.17, 15) is 0 Å². The second-order valence-electron chi connectivity index (χ2n) is 2.66. The van der Waals surface area contributed by atoms with Crippen LogP contribution in [0.25, 0.3) is 0 Å². The number of thiophene rings is 1. The van der Waals surface area contributed by atoms with E-state index in [-0.39, 0.29) is 0 Å². The minimum absolute atomic E-state index is 0.341. The van der Waals surface area contributed by atoms with E-state index in [2.05, 4.69) is 29.8 Å². The van der Waals surface area contributed by atoms with Crippen molar-refractivity contribution in [3.05, 3.63) is 22.4 Å². The molecule has 0 aromatic carbocycles. The molecular weight excluding hydrogens is 130 g/mol. The van der Waals surface area contributed by atoms with E-state index in [4.69, 9.17) is 0 Å². The van der Waals surface area contributed by atoms with Gasteiger partial charge in [-0.05, 0) is 18.4 Å². The molecule has 1 aromatic rings. The van der Waals surface area contributed by atoms with Crippen LogP contribution in [0.1, 0.15) is 11.8 Å². The van der Waals surface area contributed by atoms with Gasteiger partial charge in [0.1, 0.15) is 0 Å². The van der Waals surface area contributed by atoms with Gasteiger partial charge in [-0.2, -0.15) is 0 Å². The highest BCUT2D eigenvalue weighted by Gasteiger charge is 2.38. The van der Waals surface area contributed by atoms with Crippen LogP contribution < -0.4 is 5.32 Å². The van der Waals surface area contributed by atoms with Crippen molar-refractivity contribution in [3.63, 3.8) is 0 Å². The molecule has 2 heteroatoms. The molecule has 1 aliphatic heterocycles. The van der Waals surface area contributed by atoms with Gasteiger partial charge in [-0.15, -0.1) is 11.3 Å². The summed E-state index contributed by atoms with van der Waals surface area (Å²) < 4.78 is 0. The van der Waals surface area contributed by atoms with Crippen LogP contribution >= 0.6 is 11.3 Å². The Hall–Kier alpha value is -0.340. The monoisotopic (exact) mass is 139 g/mol. The van der Waals surface area contributed by atoms with E-state index in [0.29, 0.717) is 5.54 Å². The molecule has 48 valence electrons. The van der Waals surface area contributed by atoms with Crippen molar-refractivity contribution in [2.45, 2.75) is 12.5 Å². The molecule has 1 saturated heterocycles. The molecule has 1 atom stereocenters. The van der Waals surface area contributed by atoms with E-state index in [1.54, 1.807) is 0 Å². The van der Waals surface area contributed by atoms with Crippen LogP contribution in [0.3, 0.4) is 0 Å². The first-order chi connectivity index (χ1) is 4.31. The maximum atomic E-state index is 3.32. The van der Waals surface area contributed by atoms with E-state index in [1.165, 1.54) is 4.88 Å². The van der Waals surface area contributed by atoms with Gasteiger partial charge in [0.15, 0.2) is 0 Å². The number of hydrogen-bond acceptors (Lipinski definition) is 2. The Bertz CT molecular complexity index is 199. The Morgan fingerprint density at radius 3 is 3.00 bits per heavy atom. The Balaban J connectivity index is 2.34. The molecule has 0 aliphatic carbocycles. The zero-order valence-electron chi connectivity index (χ0n) is 5.35. The summed E-state index contributed by atoms with van der Waals surface area (Å²) in [4.78, 5) is 1.46. The van der Waals surface area contributed by atoms with E-state index < -0.39 is 0 Å². The Morgan fingerprint density at radius 1 is 1.78 bits per heavy atom. The highest BCUT2D eigenvalue weighted by molar-refractivity contribution is 7.10. The molecule has 0 radical (unpaired) electrons. The Labute approximate surface area is 58.7 Å². The van der Waals surface area contributed by atoms with E-state index >= 15 is 0 Å². The first-order valence-corrected chi connectivity index (χ1v) is 3.98. The highest BCUT2D eigenvalue weighted by atomic mass is 32.1. The summed E-state index contributed by atoms with van der Waals surface area (Å²) in [5.41, 5.74) is 0.341. The summed E-state index contributed by atoms with van der Waals surface area (Å²) in [7, 11) is 0. The predicted molar refractivity (Wildman–Crippen MR) is 39.7 cm³/mol. The fraction of sp³-hybridized carbons (Fsp3) is 0.429. The standard InChI is InChI=1S/C7H9NS/c1-7(5-8-7)6-3-2-4-9-6/h2-4,8H,5H2,1H3/t7-/m1/s1. The van der Waals surface area contributed by atoms with Crippen molar-refractivity contribution in [1.82, 2.24) is 5.32 Å². The molecule has 1 aliphatic rings. The lowest BCUT2D eigenvalue weighted by Gasteiger charge is -1.99. The van der Waals surface area contributed by atoms with Gasteiger partial charge in [-0.3, -0.25) is 0 Å². The summed E-state index contributed by atoms with van der Waals surface area (Å²) >= 11 is 1.83. The smallest absolute Gasteiger partial charge is 0.0627 e. The zero-order valence-corrected chi connectivity index (χ0v) is 6.16. The van der Waals surface area contributed by atoms with Crippen LogP contribution in [0, 0.1) is 0 Å². The molecule has 0 saturated carbocycles. The van der Waals surface area contributed by atoms with Gasteiger partial charge in [0.25, 0.3) is 0 Å². The first-order valence-electron chi connectivity index (χ1n) is 3.10. The number of hydrogen-bond donors (Lipinski definition) is 1. The molecule has 1 nitrogen and oxygen atoms in total. The van der Waals surface area contributed by atoms with Crippen molar-refractivity contribution < 1.29 is 0 Å². The minimum atomic E-state index is 0.341. The van der Waals surface area contributed by atoms with Crippen LogP contribution in [0.15, 0.2) is 17.5 Å². The van der Waals surface area contributed by atoms with Gasteiger partial charge in [0.2, 0.25) is 0 Å². The normalized spacial score (nSPS) is 32.6. The fourth-order valence-electron chi connectivity index (χ4n) is 0.899. The largest absolute Gasteiger partial charge is 0.304 e. The summed E-state index contributed by atoms with van der Waals surface area (Å²) in [6.07, 6.45) is 0. The summed E-state index contributed by atoms with van der Waals surface area (Å²) in [6.45, 7) is 3.38. The molecule has 0 amide bonds. The summed E-state index contributed by atoms with van der Waals surface area (Å²) in [5, 5.41) is 5.45. The second kappa shape index (κ2) is 1.58. The molecule has 1 fully saturated rings. The Morgan fingerprint density at radius 2 is 2.56 bits per heavy atom. The first kappa shape index (κ1) is 5.45. The van der Waals surface area contributed by atoms with Crippen LogP contribution in [-0.4, -0.2) is 6.54 Å². The zero-order chi connectivity index (χ0) is 6.32. The van der Waals surface area contributed by atoms with Gasteiger partial charge in [-0.25, -0.2) is 0 Å². The van der Waals surface area contributed by atoms with Gasteiger partial charge in [0.05, 0.1) is 5.54 Å². The van der Waals surface area contributed by atoms with E-state index in [1.807, 2.05) is 11.3 Å². The summed E-state index contributed by atoms with van der Waals surface area (Å²) in [5.74, 6) is 0. The SMILES string of the molecule is C[C@]1(c2cccs2)CN1. The highest BCUT2D eigenvalue weighted by Crippen LogP contribution is 2.32. The molecule has 1 aromatic heterocycles. The molecule has 0 spiro atoms.